The van der Waals surface area contributed by atoms with Crippen LogP contribution in [0.1, 0.15) is 50.7 Å². The molecule has 1 aromatic carbocycles. The summed E-state index contributed by atoms with van der Waals surface area (Å²) in [7, 11) is 0. The maximum Gasteiger partial charge on any atom is 0.0441 e. The monoisotopic (exact) mass is 260 g/mol. The normalized spacial score (nSPS) is 18.6. The van der Waals surface area contributed by atoms with Crippen molar-refractivity contribution in [1.82, 2.24) is 0 Å². The van der Waals surface area contributed by atoms with Gasteiger partial charge in [0.2, 0.25) is 0 Å². The number of para-hydroxylation sites is 1. The highest BCUT2D eigenvalue weighted by atomic mass is 15.1. The van der Waals surface area contributed by atoms with Crippen molar-refractivity contribution in [2.45, 2.75) is 53.0 Å². The van der Waals surface area contributed by atoms with Crippen LogP contribution in [0, 0.1) is 12.3 Å². The first-order chi connectivity index (χ1) is 9.15. The third kappa shape index (κ3) is 2.79. The van der Waals surface area contributed by atoms with Crippen molar-refractivity contribution in [2.24, 2.45) is 11.1 Å². The standard InChI is InChI=1S/C17H28N2/c1-4-17(5-2)9-11-19(12-10-17)16-14(3)7-6-8-15(16)13-18/h6-8H,4-5,9-13,18H2,1-3H3. The average molecular weight is 260 g/mol. The minimum absolute atomic E-state index is 0.585. The molecular formula is C17H28N2. The number of benzene rings is 1. The second-order valence-corrected chi connectivity index (χ2v) is 5.98. The molecule has 2 heteroatoms. The fourth-order valence-corrected chi connectivity index (χ4v) is 3.50. The molecule has 2 rings (SSSR count). The molecule has 0 amide bonds. The van der Waals surface area contributed by atoms with Crippen LogP contribution in [-0.2, 0) is 6.54 Å². The van der Waals surface area contributed by atoms with Gasteiger partial charge in [0.1, 0.15) is 0 Å². The van der Waals surface area contributed by atoms with Gasteiger partial charge in [-0.05, 0) is 36.3 Å². The molecule has 0 radical (unpaired) electrons. The number of anilines is 1. The van der Waals surface area contributed by atoms with Crippen LogP contribution in [0.4, 0.5) is 5.69 Å². The summed E-state index contributed by atoms with van der Waals surface area (Å²) >= 11 is 0. The Bertz CT molecular complexity index is 411. The van der Waals surface area contributed by atoms with Crippen molar-refractivity contribution in [3.05, 3.63) is 29.3 Å². The Labute approximate surface area is 118 Å². The number of aryl methyl sites for hydroxylation is 1. The Morgan fingerprint density at radius 2 is 1.79 bits per heavy atom. The molecule has 0 atom stereocenters. The molecule has 0 aliphatic carbocycles. The van der Waals surface area contributed by atoms with Gasteiger partial charge in [0.25, 0.3) is 0 Å². The highest BCUT2D eigenvalue weighted by Crippen LogP contribution is 2.40. The lowest BCUT2D eigenvalue weighted by molar-refractivity contribution is 0.199. The van der Waals surface area contributed by atoms with Gasteiger partial charge >= 0.3 is 0 Å². The average Bonchev–Trinajstić information content (AvgIpc) is 2.47. The Hall–Kier alpha value is -1.02. The van der Waals surface area contributed by atoms with Crippen LogP contribution in [0.15, 0.2) is 18.2 Å². The van der Waals surface area contributed by atoms with Crippen LogP contribution >= 0.6 is 0 Å². The van der Waals surface area contributed by atoms with E-state index in [1.165, 1.54) is 55.6 Å². The van der Waals surface area contributed by atoms with E-state index in [2.05, 4.69) is 43.9 Å². The summed E-state index contributed by atoms with van der Waals surface area (Å²) in [5, 5.41) is 0. The molecule has 2 N–H and O–H groups in total. The van der Waals surface area contributed by atoms with Crippen LogP contribution in [-0.4, -0.2) is 13.1 Å². The minimum Gasteiger partial charge on any atom is -0.371 e. The molecule has 1 aromatic rings. The smallest absolute Gasteiger partial charge is 0.0441 e. The molecule has 2 nitrogen and oxygen atoms in total. The summed E-state index contributed by atoms with van der Waals surface area (Å²) < 4.78 is 0. The van der Waals surface area contributed by atoms with E-state index in [4.69, 9.17) is 5.73 Å². The first kappa shape index (κ1) is 14.4. The molecule has 1 aliphatic heterocycles. The highest BCUT2D eigenvalue weighted by molar-refractivity contribution is 5.59. The maximum absolute atomic E-state index is 5.91. The van der Waals surface area contributed by atoms with Gasteiger partial charge < -0.3 is 10.6 Å². The first-order valence-corrected chi connectivity index (χ1v) is 7.69. The summed E-state index contributed by atoms with van der Waals surface area (Å²) in [4.78, 5) is 2.56. The molecule has 106 valence electrons. The zero-order valence-electron chi connectivity index (χ0n) is 12.7. The van der Waals surface area contributed by atoms with Gasteiger partial charge in [-0.1, -0.05) is 44.9 Å². The van der Waals surface area contributed by atoms with Crippen LogP contribution in [0.5, 0.6) is 0 Å². The summed E-state index contributed by atoms with van der Waals surface area (Å²) in [6, 6.07) is 6.49. The lowest BCUT2D eigenvalue weighted by Crippen LogP contribution is -2.40. The van der Waals surface area contributed by atoms with E-state index in [1.807, 2.05) is 0 Å². The van der Waals surface area contributed by atoms with E-state index in [-0.39, 0.29) is 0 Å². The lowest BCUT2D eigenvalue weighted by atomic mass is 9.74. The van der Waals surface area contributed by atoms with E-state index < -0.39 is 0 Å². The summed E-state index contributed by atoms with van der Waals surface area (Å²) in [5.74, 6) is 0. The third-order valence-corrected chi connectivity index (χ3v) is 5.18. The topological polar surface area (TPSA) is 29.3 Å². The Kier molecular flexibility index (Phi) is 4.51. The molecule has 1 saturated heterocycles. The number of hydrogen-bond donors (Lipinski definition) is 1. The second kappa shape index (κ2) is 5.96. The molecule has 0 unspecified atom stereocenters. The highest BCUT2D eigenvalue weighted by Gasteiger charge is 2.31. The van der Waals surface area contributed by atoms with Gasteiger partial charge in [-0.25, -0.2) is 0 Å². The molecule has 0 aromatic heterocycles. The van der Waals surface area contributed by atoms with Crippen molar-refractivity contribution in [1.29, 1.82) is 0 Å². The lowest BCUT2D eigenvalue weighted by Gasteiger charge is -2.43. The van der Waals surface area contributed by atoms with Gasteiger partial charge in [0.05, 0.1) is 0 Å². The third-order valence-electron chi connectivity index (χ3n) is 5.18. The molecule has 1 heterocycles. The Balaban J connectivity index is 2.18. The molecule has 1 fully saturated rings. The predicted molar refractivity (Wildman–Crippen MR) is 83.5 cm³/mol. The quantitative estimate of drug-likeness (QED) is 0.890. The van der Waals surface area contributed by atoms with Crippen LogP contribution in [0.2, 0.25) is 0 Å². The summed E-state index contributed by atoms with van der Waals surface area (Å²) in [6.45, 7) is 9.89. The number of nitrogens with two attached hydrogens (primary N) is 1. The van der Waals surface area contributed by atoms with Crippen molar-refractivity contribution in [3.63, 3.8) is 0 Å². The van der Waals surface area contributed by atoms with Crippen LogP contribution < -0.4 is 10.6 Å². The largest absolute Gasteiger partial charge is 0.371 e. The van der Waals surface area contributed by atoms with Gasteiger partial charge in [0, 0.05) is 25.3 Å². The zero-order chi connectivity index (χ0) is 13.9. The fourth-order valence-electron chi connectivity index (χ4n) is 3.50. The van der Waals surface area contributed by atoms with Crippen LogP contribution in [0.3, 0.4) is 0 Å². The second-order valence-electron chi connectivity index (χ2n) is 5.98. The Morgan fingerprint density at radius 1 is 1.16 bits per heavy atom. The van der Waals surface area contributed by atoms with Crippen molar-refractivity contribution < 1.29 is 0 Å². The minimum atomic E-state index is 0.585. The van der Waals surface area contributed by atoms with E-state index in [0.29, 0.717) is 12.0 Å². The van der Waals surface area contributed by atoms with Gasteiger partial charge in [-0.2, -0.15) is 0 Å². The number of nitrogens with zero attached hydrogens (tertiary/aromatic N) is 1. The molecule has 0 bridgehead atoms. The summed E-state index contributed by atoms with van der Waals surface area (Å²) in [5.41, 5.74) is 10.5. The van der Waals surface area contributed by atoms with Gasteiger partial charge in [-0.15, -0.1) is 0 Å². The Morgan fingerprint density at radius 3 is 2.32 bits per heavy atom. The van der Waals surface area contributed by atoms with E-state index in [0.717, 1.165) is 0 Å². The van der Waals surface area contributed by atoms with Crippen LogP contribution in [0.25, 0.3) is 0 Å². The van der Waals surface area contributed by atoms with Gasteiger partial charge in [-0.3, -0.25) is 0 Å². The fraction of sp³-hybridized carbons (Fsp3) is 0.647. The van der Waals surface area contributed by atoms with E-state index in [1.54, 1.807) is 0 Å². The number of piperidine rings is 1. The SMILES string of the molecule is CCC1(CC)CCN(c2c(C)cccc2CN)CC1. The predicted octanol–water partition coefficient (Wildman–Crippen LogP) is 3.86. The van der Waals surface area contributed by atoms with Crippen molar-refractivity contribution in [3.8, 4) is 0 Å². The van der Waals surface area contributed by atoms with E-state index >= 15 is 0 Å². The molecule has 0 spiro atoms. The summed E-state index contributed by atoms with van der Waals surface area (Å²) in [6.07, 6.45) is 5.26. The molecule has 1 aliphatic rings. The van der Waals surface area contributed by atoms with Crippen molar-refractivity contribution in [2.75, 3.05) is 18.0 Å². The maximum atomic E-state index is 5.91. The van der Waals surface area contributed by atoms with E-state index in [9.17, 15) is 0 Å². The molecule has 19 heavy (non-hydrogen) atoms. The molecule has 0 saturated carbocycles. The van der Waals surface area contributed by atoms with Crippen molar-refractivity contribution >= 4 is 5.69 Å². The number of rotatable bonds is 4. The number of hydrogen-bond acceptors (Lipinski definition) is 2. The first-order valence-electron chi connectivity index (χ1n) is 7.69. The molecular weight excluding hydrogens is 232 g/mol. The zero-order valence-corrected chi connectivity index (χ0v) is 12.7. The van der Waals surface area contributed by atoms with Gasteiger partial charge in [0.15, 0.2) is 0 Å².